The second-order valence-electron chi connectivity index (χ2n) is 6.89. The molecule has 0 spiro atoms. The molecule has 2 aliphatic rings. The summed E-state index contributed by atoms with van der Waals surface area (Å²) in [6.07, 6.45) is 2.20. The van der Waals surface area contributed by atoms with Crippen molar-refractivity contribution >= 4 is 43.9 Å². The maximum Gasteiger partial charge on any atom is 0.284 e. The first-order chi connectivity index (χ1) is 14.9. The van der Waals surface area contributed by atoms with Gasteiger partial charge in [-0.05, 0) is 36.7 Å². The quantitative estimate of drug-likeness (QED) is 0.436. The summed E-state index contributed by atoms with van der Waals surface area (Å²) in [6, 6.07) is 3.93. The average molecular weight is 488 g/mol. The van der Waals surface area contributed by atoms with Gasteiger partial charge in [-0.1, -0.05) is 11.3 Å². The van der Waals surface area contributed by atoms with Crippen LogP contribution < -0.4 is 5.32 Å². The highest BCUT2D eigenvalue weighted by Crippen LogP contribution is 2.38. The highest BCUT2D eigenvalue weighted by Gasteiger charge is 2.29. The van der Waals surface area contributed by atoms with Gasteiger partial charge in [0.25, 0.3) is 5.69 Å². The van der Waals surface area contributed by atoms with Gasteiger partial charge >= 0.3 is 0 Å². The summed E-state index contributed by atoms with van der Waals surface area (Å²) in [4.78, 5) is 11.2. The molecule has 31 heavy (non-hydrogen) atoms. The van der Waals surface area contributed by atoms with E-state index in [0.29, 0.717) is 34.1 Å². The Balaban J connectivity index is 1.49. The van der Waals surface area contributed by atoms with E-state index < -0.39 is 14.9 Å². The SMILES string of the molecule is O=[N+]([O-])c1cc(S(=O)(=O)N2CCOCC2)ccc1Sc1nnc(NCC2CCCO2)s1. The summed E-state index contributed by atoms with van der Waals surface area (Å²) in [7, 11) is -3.83. The third kappa shape index (κ3) is 5.32. The van der Waals surface area contributed by atoms with Gasteiger partial charge in [0.05, 0.1) is 34.0 Å². The largest absolute Gasteiger partial charge is 0.379 e. The average Bonchev–Trinajstić information content (AvgIpc) is 3.45. The van der Waals surface area contributed by atoms with E-state index in [9.17, 15) is 18.5 Å². The third-order valence-electron chi connectivity index (χ3n) is 4.84. The number of rotatable bonds is 8. The first-order valence-corrected chi connectivity index (χ1v) is 12.7. The van der Waals surface area contributed by atoms with Crippen LogP contribution in [-0.4, -0.2) is 73.4 Å². The molecule has 1 unspecified atom stereocenters. The molecule has 0 radical (unpaired) electrons. The van der Waals surface area contributed by atoms with Gasteiger partial charge < -0.3 is 14.8 Å². The van der Waals surface area contributed by atoms with Crippen LogP contribution in [0.25, 0.3) is 0 Å². The van der Waals surface area contributed by atoms with Crippen molar-refractivity contribution in [2.45, 2.75) is 33.1 Å². The van der Waals surface area contributed by atoms with E-state index in [1.807, 2.05) is 0 Å². The number of nitrogens with zero attached hydrogens (tertiary/aromatic N) is 4. The maximum atomic E-state index is 12.8. The standard InChI is InChI=1S/C17H21N5O6S3/c23-22(24)14-10-13(31(25,26)21-5-8-27-9-6-21)3-4-15(14)29-17-20-19-16(30-17)18-11-12-2-1-7-28-12/h3-4,10,12H,1-2,5-9,11H2,(H,18,19). The molecule has 1 aromatic heterocycles. The topological polar surface area (TPSA) is 137 Å². The predicted molar refractivity (Wildman–Crippen MR) is 114 cm³/mol. The highest BCUT2D eigenvalue weighted by molar-refractivity contribution is 8.01. The van der Waals surface area contributed by atoms with E-state index in [4.69, 9.17) is 9.47 Å². The molecule has 14 heteroatoms. The molecule has 3 heterocycles. The van der Waals surface area contributed by atoms with Gasteiger partial charge in [-0.2, -0.15) is 4.31 Å². The Morgan fingerprint density at radius 2 is 2.10 bits per heavy atom. The summed E-state index contributed by atoms with van der Waals surface area (Å²) < 4.78 is 38.2. The molecule has 2 saturated heterocycles. The van der Waals surface area contributed by atoms with Crippen LogP contribution in [0.15, 0.2) is 32.3 Å². The molecule has 0 aliphatic carbocycles. The number of sulfonamides is 1. The number of hydrogen-bond donors (Lipinski definition) is 1. The number of nitro benzene ring substituents is 1. The maximum absolute atomic E-state index is 12.8. The first kappa shape index (κ1) is 22.4. The van der Waals surface area contributed by atoms with Gasteiger partial charge in [0.1, 0.15) is 0 Å². The Bertz CT molecular complexity index is 1030. The Morgan fingerprint density at radius 1 is 1.29 bits per heavy atom. The molecule has 2 fully saturated rings. The van der Waals surface area contributed by atoms with Crippen LogP contribution >= 0.6 is 23.1 Å². The van der Waals surface area contributed by atoms with Crippen LogP contribution in [0.3, 0.4) is 0 Å². The van der Waals surface area contributed by atoms with Crippen LogP contribution in [0, 0.1) is 10.1 Å². The van der Waals surface area contributed by atoms with E-state index >= 15 is 0 Å². The molecular weight excluding hydrogens is 466 g/mol. The van der Waals surface area contributed by atoms with Crippen molar-refractivity contribution < 1.29 is 22.8 Å². The number of ether oxygens (including phenoxy) is 2. The second kappa shape index (κ2) is 9.75. The molecule has 1 aromatic carbocycles. The summed E-state index contributed by atoms with van der Waals surface area (Å²) in [5.74, 6) is 0. The Kier molecular flexibility index (Phi) is 7.03. The summed E-state index contributed by atoms with van der Waals surface area (Å²) in [5, 5.41) is 23.5. The lowest BCUT2D eigenvalue weighted by Gasteiger charge is -2.26. The molecule has 1 N–H and O–H groups in total. The lowest BCUT2D eigenvalue weighted by atomic mass is 10.2. The van der Waals surface area contributed by atoms with Crippen LogP contribution in [0.2, 0.25) is 0 Å². The summed E-state index contributed by atoms with van der Waals surface area (Å²) in [6.45, 7) is 2.45. The van der Waals surface area contributed by atoms with E-state index in [1.54, 1.807) is 0 Å². The second-order valence-corrected chi connectivity index (χ2v) is 11.1. The lowest BCUT2D eigenvalue weighted by Crippen LogP contribution is -2.40. The molecule has 168 valence electrons. The highest BCUT2D eigenvalue weighted by atomic mass is 32.2. The molecule has 11 nitrogen and oxygen atoms in total. The number of nitro groups is 1. The number of benzene rings is 1. The van der Waals surface area contributed by atoms with Gasteiger partial charge in [-0.25, -0.2) is 8.42 Å². The van der Waals surface area contributed by atoms with Gasteiger partial charge in [0.15, 0.2) is 4.34 Å². The fourth-order valence-corrected chi connectivity index (χ4v) is 6.48. The van der Waals surface area contributed by atoms with E-state index in [2.05, 4.69) is 15.5 Å². The minimum atomic E-state index is -3.83. The predicted octanol–water partition coefficient (Wildman–Crippen LogP) is 2.21. The van der Waals surface area contributed by atoms with Gasteiger partial charge in [-0.15, -0.1) is 10.2 Å². The zero-order valence-electron chi connectivity index (χ0n) is 16.4. The fraction of sp³-hybridized carbons (Fsp3) is 0.529. The Labute approximate surface area is 187 Å². The Hall–Kier alpha value is -1.84. The monoisotopic (exact) mass is 487 g/mol. The smallest absolute Gasteiger partial charge is 0.284 e. The van der Waals surface area contributed by atoms with Crippen molar-refractivity contribution in [1.29, 1.82) is 0 Å². The number of nitrogens with one attached hydrogen (secondary N) is 1. The molecule has 0 saturated carbocycles. The van der Waals surface area contributed by atoms with Crippen molar-refractivity contribution in [3.63, 3.8) is 0 Å². The molecule has 2 aromatic rings. The third-order valence-corrected chi connectivity index (χ3v) is 8.74. The normalized spacial score (nSPS) is 20.1. The minimum absolute atomic E-state index is 0.110. The zero-order valence-corrected chi connectivity index (χ0v) is 18.9. The van der Waals surface area contributed by atoms with Crippen molar-refractivity contribution in [1.82, 2.24) is 14.5 Å². The minimum Gasteiger partial charge on any atom is -0.379 e. The molecule has 4 rings (SSSR count). The number of hydrogen-bond acceptors (Lipinski definition) is 11. The molecule has 0 amide bonds. The van der Waals surface area contributed by atoms with E-state index in [0.717, 1.165) is 37.3 Å². The fourth-order valence-electron chi connectivity index (χ4n) is 3.25. The zero-order chi connectivity index (χ0) is 21.8. The molecule has 2 aliphatic heterocycles. The number of anilines is 1. The van der Waals surface area contributed by atoms with Crippen molar-refractivity contribution in [2.24, 2.45) is 0 Å². The molecule has 0 bridgehead atoms. The first-order valence-electron chi connectivity index (χ1n) is 9.66. The number of morpholine rings is 1. The Morgan fingerprint density at radius 3 is 2.81 bits per heavy atom. The molecular formula is C17H21N5O6S3. The van der Waals surface area contributed by atoms with Crippen LogP contribution in [0.4, 0.5) is 10.8 Å². The van der Waals surface area contributed by atoms with Crippen LogP contribution in [0.5, 0.6) is 0 Å². The van der Waals surface area contributed by atoms with Crippen molar-refractivity contribution in [2.75, 3.05) is 44.8 Å². The lowest BCUT2D eigenvalue weighted by molar-refractivity contribution is -0.388. The molecule has 1 atom stereocenters. The van der Waals surface area contributed by atoms with E-state index in [1.165, 1.54) is 27.8 Å². The van der Waals surface area contributed by atoms with Crippen molar-refractivity contribution in [3.8, 4) is 0 Å². The number of aromatic nitrogens is 2. The summed E-state index contributed by atoms with van der Waals surface area (Å²) >= 11 is 2.36. The van der Waals surface area contributed by atoms with Gasteiger partial charge in [-0.3, -0.25) is 10.1 Å². The van der Waals surface area contributed by atoms with Gasteiger partial charge in [0.2, 0.25) is 15.2 Å². The van der Waals surface area contributed by atoms with Crippen LogP contribution in [0.1, 0.15) is 12.8 Å². The van der Waals surface area contributed by atoms with E-state index in [-0.39, 0.29) is 29.8 Å². The van der Waals surface area contributed by atoms with Gasteiger partial charge in [0, 0.05) is 32.3 Å². The van der Waals surface area contributed by atoms with Crippen molar-refractivity contribution in [3.05, 3.63) is 28.3 Å². The summed E-state index contributed by atoms with van der Waals surface area (Å²) in [5.41, 5.74) is -0.289. The van der Waals surface area contributed by atoms with Crippen LogP contribution in [-0.2, 0) is 19.5 Å².